The Kier molecular flexibility index (Phi) is 4.92. The summed E-state index contributed by atoms with van der Waals surface area (Å²) in [6.45, 7) is 1.33. The molecule has 7 heteroatoms. The Morgan fingerprint density at radius 2 is 1.71 bits per heavy atom. The predicted octanol–water partition coefficient (Wildman–Crippen LogP) is -0.932. The smallest absolute Gasteiger partial charge is 0.184 e. The van der Waals surface area contributed by atoms with Gasteiger partial charge in [0, 0.05) is 5.56 Å². The van der Waals surface area contributed by atoms with Gasteiger partial charge in [-0.2, -0.15) is 0 Å². The van der Waals surface area contributed by atoms with Crippen LogP contribution in [0, 0.1) is 0 Å². The molecule has 0 unspecified atom stereocenters. The van der Waals surface area contributed by atoms with Crippen molar-refractivity contribution in [1.29, 1.82) is 0 Å². The summed E-state index contributed by atoms with van der Waals surface area (Å²) in [6.07, 6.45) is -7.02. The van der Waals surface area contributed by atoms with Crippen LogP contribution >= 0.6 is 0 Å². The van der Waals surface area contributed by atoms with Crippen molar-refractivity contribution in [3.8, 4) is 5.75 Å². The monoisotopic (exact) mass is 298 g/mol. The molecule has 0 bridgehead atoms. The first-order valence-electron chi connectivity index (χ1n) is 6.51. The Morgan fingerprint density at radius 1 is 1.10 bits per heavy atom. The van der Waals surface area contributed by atoms with Crippen molar-refractivity contribution in [2.24, 2.45) is 0 Å². The zero-order valence-electron chi connectivity index (χ0n) is 11.4. The number of Topliss-reactive ketones (excluding diaryl/α,β-unsaturated/α-hetero) is 1. The lowest BCUT2D eigenvalue weighted by atomic mass is 9.99. The van der Waals surface area contributed by atoms with Gasteiger partial charge in [-0.3, -0.25) is 4.79 Å². The topological polar surface area (TPSA) is 116 Å². The summed E-state index contributed by atoms with van der Waals surface area (Å²) in [6, 6.07) is 6.38. The molecule has 5 atom stereocenters. The molecule has 1 fully saturated rings. The first-order chi connectivity index (χ1) is 9.90. The van der Waals surface area contributed by atoms with Gasteiger partial charge >= 0.3 is 0 Å². The third kappa shape index (κ3) is 3.58. The van der Waals surface area contributed by atoms with Gasteiger partial charge in [0.05, 0.1) is 0 Å². The fourth-order valence-electron chi connectivity index (χ4n) is 2.03. The van der Waals surface area contributed by atoms with E-state index in [4.69, 9.17) is 9.47 Å². The molecule has 0 saturated carbocycles. The summed E-state index contributed by atoms with van der Waals surface area (Å²) in [5.41, 5.74) is 0.547. The van der Waals surface area contributed by atoms with E-state index in [0.717, 1.165) is 0 Å². The van der Waals surface area contributed by atoms with E-state index in [-0.39, 0.29) is 12.4 Å². The Hall–Kier alpha value is -1.51. The van der Waals surface area contributed by atoms with Crippen molar-refractivity contribution in [2.45, 2.75) is 37.6 Å². The van der Waals surface area contributed by atoms with E-state index in [2.05, 4.69) is 0 Å². The molecule has 4 N–H and O–H groups in total. The third-order valence-corrected chi connectivity index (χ3v) is 3.36. The maximum absolute atomic E-state index is 11.1. The minimum atomic E-state index is -1.59. The largest absolute Gasteiger partial charge is 0.491 e. The molecule has 0 aliphatic carbocycles. The summed E-state index contributed by atoms with van der Waals surface area (Å²) in [5, 5.41) is 38.0. The zero-order chi connectivity index (χ0) is 15.6. The van der Waals surface area contributed by atoms with Crippen LogP contribution in [0.3, 0.4) is 0 Å². The molecule has 0 spiro atoms. The number of carbonyl (C=O) groups is 1. The van der Waals surface area contributed by atoms with Gasteiger partial charge in [0.2, 0.25) is 0 Å². The van der Waals surface area contributed by atoms with Crippen molar-refractivity contribution >= 4 is 5.78 Å². The molecule has 0 amide bonds. The van der Waals surface area contributed by atoms with Gasteiger partial charge in [-0.05, 0) is 31.2 Å². The molecule has 1 aromatic carbocycles. The standard InChI is InChI=1S/C14H18O7/c1-7(15)8-2-4-9(5-3-8)20-6-10-11(16)12(17)13(18)14(19)21-10/h2-5,10-14,16-19H,6H2,1H3/t10-,11+,12+,13-,14-/m0/s1. The lowest BCUT2D eigenvalue weighted by Crippen LogP contribution is -2.58. The fourth-order valence-corrected chi connectivity index (χ4v) is 2.03. The molecule has 0 radical (unpaired) electrons. The highest BCUT2D eigenvalue weighted by molar-refractivity contribution is 5.94. The summed E-state index contributed by atoms with van der Waals surface area (Å²) in [5.74, 6) is 0.388. The van der Waals surface area contributed by atoms with Crippen LogP contribution in [0.2, 0.25) is 0 Å². The molecule has 7 nitrogen and oxygen atoms in total. The van der Waals surface area contributed by atoms with Crippen LogP contribution < -0.4 is 4.74 Å². The average molecular weight is 298 g/mol. The molecule has 116 valence electrons. The lowest BCUT2D eigenvalue weighted by Gasteiger charge is -2.38. The number of aliphatic hydroxyl groups is 4. The Morgan fingerprint density at radius 3 is 2.29 bits per heavy atom. The number of carbonyl (C=O) groups excluding carboxylic acids is 1. The average Bonchev–Trinajstić information content (AvgIpc) is 2.48. The highest BCUT2D eigenvalue weighted by Crippen LogP contribution is 2.21. The van der Waals surface area contributed by atoms with Gasteiger partial charge in [-0.15, -0.1) is 0 Å². The van der Waals surface area contributed by atoms with Crippen LogP contribution in [0.25, 0.3) is 0 Å². The van der Waals surface area contributed by atoms with E-state index < -0.39 is 30.7 Å². The minimum Gasteiger partial charge on any atom is -0.491 e. The molecular formula is C14H18O7. The van der Waals surface area contributed by atoms with E-state index in [0.29, 0.717) is 11.3 Å². The normalized spacial score (nSPS) is 32.7. The number of rotatable bonds is 4. The number of aliphatic hydroxyl groups excluding tert-OH is 4. The van der Waals surface area contributed by atoms with E-state index >= 15 is 0 Å². The Labute approximate surface area is 121 Å². The minimum absolute atomic E-state index is 0.0622. The van der Waals surface area contributed by atoms with Crippen LogP contribution in [0.1, 0.15) is 17.3 Å². The van der Waals surface area contributed by atoms with Crippen LogP contribution in [-0.4, -0.2) is 63.5 Å². The molecular weight excluding hydrogens is 280 g/mol. The maximum atomic E-state index is 11.1. The first-order valence-corrected chi connectivity index (χ1v) is 6.51. The predicted molar refractivity (Wildman–Crippen MR) is 70.8 cm³/mol. The van der Waals surface area contributed by atoms with Gasteiger partial charge in [-0.25, -0.2) is 0 Å². The molecule has 21 heavy (non-hydrogen) atoms. The van der Waals surface area contributed by atoms with Crippen molar-refractivity contribution in [3.63, 3.8) is 0 Å². The van der Waals surface area contributed by atoms with Gasteiger partial charge in [-0.1, -0.05) is 0 Å². The van der Waals surface area contributed by atoms with Crippen LogP contribution in [0.4, 0.5) is 0 Å². The van der Waals surface area contributed by atoms with Gasteiger partial charge < -0.3 is 29.9 Å². The molecule has 1 aromatic rings. The summed E-state index contributed by atoms with van der Waals surface area (Å²) < 4.78 is 10.4. The molecule has 1 aliphatic rings. The Balaban J connectivity index is 1.94. The quantitative estimate of drug-likeness (QED) is 0.530. The van der Waals surface area contributed by atoms with Gasteiger partial charge in [0.15, 0.2) is 12.1 Å². The lowest BCUT2D eigenvalue weighted by molar-refractivity contribution is -0.285. The number of hydrogen-bond acceptors (Lipinski definition) is 7. The van der Waals surface area contributed by atoms with Crippen molar-refractivity contribution < 1.29 is 34.7 Å². The van der Waals surface area contributed by atoms with Crippen molar-refractivity contribution in [3.05, 3.63) is 29.8 Å². The second-order valence-corrected chi connectivity index (χ2v) is 4.93. The highest BCUT2D eigenvalue weighted by Gasteiger charge is 2.43. The number of hydrogen-bond donors (Lipinski definition) is 4. The summed E-state index contributed by atoms with van der Waals surface area (Å²) >= 11 is 0. The highest BCUT2D eigenvalue weighted by atomic mass is 16.6. The molecule has 1 heterocycles. The SMILES string of the molecule is CC(=O)c1ccc(OC[C@@H]2O[C@H](O)[C@@H](O)[C@H](O)[C@@H]2O)cc1. The first kappa shape index (κ1) is 15.9. The summed E-state index contributed by atoms with van der Waals surface area (Å²) in [7, 11) is 0. The van der Waals surface area contributed by atoms with Gasteiger partial charge in [0.1, 0.15) is 36.8 Å². The van der Waals surface area contributed by atoms with E-state index in [9.17, 15) is 25.2 Å². The molecule has 1 saturated heterocycles. The summed E-state index contributed by atoms with van der Waals surface area (Å²) in [4.78, 5) is 11.1. The van der Waals surface area contributed by atoms with Crippen LogP contribution in [0.15, 0.2) is 24.3 Å². The van der Waals surface area contributed by atoms with Crippen molar-refractivity contribution in [2.75, 3.05) is 6.61 Å². The number of ether oxygens (including phenoxy) is 2. The number of ketones is 1. The molecule has 2 rings (SSSR count). The Bertz CT molecular complexity index is 487. The molecule has 0 aromatic heterocycles. The van der Waals surface area contributed by atoms with Gasteiger partial charge in [0.25, 0.3) is 0 Å². The second-order valence-electron chi connectivity index (χ2n) is 4.93. The van der Waals surface area contributed by atoms with E-state index in [1.165, 1.54) is 6.92 Å². The number of benzene rings is 1. The molecule has 1 aliphatic heterocycles. The van der Waals surface area contributed by atoms with E-state index in [1.54, 1.807) is 24.3 Å². The second kappa shape index (κ2) is 6.50. The van der Waals surface area contributed by atoms with Crippen molar-refractivity contribution in [1.82, 2.24) is 0 Å². The van der Waals surface area contributed by atoms with E-state index in [1.807, 2.05) is 0 Å². The third-order valence-electron chi connectivity index (χ3n) is 3.36. The zero-order valence-corrected chi connectivity index (χ0v) is 11.4. The van der Waals surface area contributed by atoms with Crippen LogP contribution in [0.5, 0.6) is 5.75 Å². The fraction of sp³-hybridized carbons (Fsp3) is 0.500. The van der Waals surface area contributed by atoms with Crippen LogP contribution in [-0.2, 0) is 4.74 Å². The maximum Gasteiger partial charge on any atom is 0.184 e.